The molecule has 1 aromatic carbocycles. The number of carbonyl (C=O) groups is 1. The molecule has 1 heterocycles. The Balaban J connectivity index is 2.33. The standard InChI is InChI=1S/C12H12ClN3O/c1-2-6-16-11(8-14-15-16)12(17)9-4-3-5-10(13)7-9/h3-5,7-8H,2,6H2,1H3. The summed E-state index contributed by atoms with van der Waals surface area (Å²) in [5.74, 6) is -0.106. The van der Waals surface area contributed by atoms with Gasteiger partial charge in [-0.1, -0.05) is 35.9 Å². The number of hydrogen-bond acceptors (Lipinski definition) is 3. The van der Waals surface area contributed by atoms with Crippen molar-refractivity contribution in [2.45, 2.75) is 19.9 Å². The van der Waals surface area contributed by atoms with E-state index < -0.39 is 0 Å². The van der Waals surface area contributed by atoms with Gasteiger partial charge in [-0.15, -0.1) is 5.10 Å². The van der Waals surface area contributed by atoms with Gasteiger partial charge in [0.05, 0.1) is 6.20 Å². The van der Waals surface area contributed by atoms with Crippen molar-refractivity contribution < 1.29 is 4.79 Å². The van der Waals surface area contributed by atoms with E-state index in [1.165, 1.54) is 6.20 Å². The molecule has 0 fully saturated rings. The molecule has 17 heavy (non-hydrogen) atoms. The molecule has 0 amide bonds. The van der Waals surface area contributed by atoms with Crippen molar-refractivity contribution in [3.63, 3.8) is 0 Å². The predicted molar refractivity (Wildman–Crippen MR) is 65.2 cm³/mol. The molecule has 0 saturated heterocycles. The minimum Gasteiger partial charge on any atom is -0.287 e. The third-order valence-corrected chi connectivity index (χ3v) is 2.61. The first-order valence-corrected chi connectivity index (χ1v) is 5.79. The Labute approximate surface area is 104 Å². The number of halogens is 1. The van der Waals surface area contributed by atoms with Gasteiger partial charge in [-0.25, -0.2) is 4.68 Å². The second-order valence-corrected chi connectivity index (χ2v) is 4.12. The molecular formula is C12H12ClN3O. The summed E-state index contributed by atoms with van der Waals surface area (Å²) in [7, 11) is 0. The Bertz CT molecular complexity index is 536. The number of rotatable bonds is 4. The molecule has 2 aromatic rings. The van der Waals surface area contributed by atoms with Crippen LogP contribution in [0, 0.1) is 0 Å². The third kappa shape index (κ3) is 2.53. The topological polar surface area (TPSA) is 47.8 Å². The summed E-state index contributed by atoms with van der Waals surface area (Å²) in [6.07, 6.45) is 2.39. The number of hydrogen-bond donors (Lipinski definition) is 0. The van der Waals surface area contributed by atoms with Crippen LogP contribution in [-0.4, -0.2) is 20.8 Å². The highest BCUT2D eigenvalue weighted by Crippen LogP contribution is 2.14. The molecule has 0 atom stereocenters. The van der Waals surface area contributed by atoms with Gasteiger partial charge in [-0.3, -0.25) is 4.79 Å². The summed E-state index contributed by atoms with van der Waals surface area (Å²) < 4.78 is 1.61. The number of aryl methyl sites for hydroxylation is 1. The van der Waals surface area contributed by atoms with E-state index in [1.54, 1.807) is 28.9 Å². The smallest absolute Gasteiger partial charge is 0.212 e. The summed E-state index contributed by atoms with van der Waals surface area (Å²) in [4.78, 5) is 12.2. The average Bonchev–Trinajstić information content (AvgIpc) is 2.77. The highest BCUT2D eigenvalue weighted by Gasteiger charge is 2.15. The van der Waals surface area contributed by atoms with Crippen molar-refractivity contribution in [3.05, 3.63) is 46.7 Å². The zero-order chi connectivity index (χ0) is 12.3. The molecule has 0 bridgehead atoms. The molecule has 88 valence electrons. The fraction of sp³-hybridized carbons (Fsp3) is 0.250. The van der Waals surface area contributed by atoms with Crippen LogP contribution in [0.25, 0.3) is 0 Å². The molecule has 1 aromatic heterocycles. The Morgan fingerprint density at radius 2 is 2.29 bits per heavy atom. The van der Waals surface area contributed by atoms with E-state index in [1.807, 2.05) is 6.92 Å². The van der Waals surface area contributed by atoms with Crippen LogP contribution >= 0.6 is 11.6 Å². The minimum atomic E-state index is -0.106. The van der Waals surface area contributed by atoms with Gasteiger partial charge in [0, 0.05) is 17.1 Å². The fourth-order valence-corrected chi connectivity index (χ4v) is 1.78. The van der Waals surface area contributed by atoms with E-state index in [0.717, 1.165) is 6.42 Å². The van der Waals surface area contributed by atoms with E-state index in [2.05, 4.69) is 10.3 Å². The molecule has 4 nitrogen and oxygen atoms in total. The lowest BCUT2D eigenvalue weighted by Crippen LogP contribution is -2.11. The van der Waals surface area contributed by atoms with Gasteiger partial charge in [-0.05, 0) is 18.6 Å². The molecule has 0 aliphatic carbocycles. The lowest BCUT2D eigenvalue weighted by molar-refractivity contribution is 0.102. The molecule has 0 aliphatic heterocycles. The van der Waals surface area contributed by atoms with Gasteiger partial charge in [0.2, 0.25) is 5.78 Å². The SMILES string of the molecule is CCCn1nncc1C(=O)c1cccc(Cl)c1. The second-order valence-electron chi connectivity index (χ2n) is 3.68. The van der Waals surface area contributed by atoms with E-state index in [0.29, 0.717) is 22.8 Å². The molecule has 0 saturated carbocycles. The van der Waals surface area contributed by atoms with Gasteiger partial charge in [0.1, 0.15) is 5.69 Å². The maximum atomic E-state index is 12.2. The van der Waals surface area contributed by atoms with Crippen molar-refractivity contribution >= 4 is 17.4 Å². The van der Waals surface area contributed by atoms with Gasteiger partial charge in [0.15, 0.2) is 0 Å². The number of nitrogens with zero attached hydrogens (tertiary/aromatic N) is 3. The van der Waals surface area contributed by atoms with Crippen LogP contribution in [0.1, 0.15) is 29.4 Å². The molecule has 0 unspecified atom stereocenters. The summed E-state index contributed by atoms with van der Waals surface area (Å²) in [6, 6.07) is 6.87. The number of aromatic nitrogens is 3. The number of ketones is 1. The molecular weight excluding hydrogens is 238 g/mol. The second kappa shape index (κ2) is 5.10. The Morgan fingerprint density at radius 3 is 3.00 bits per heavy atom. The van der Waals surface area contributed by atoms with Crippen LogP contribution in [0.2, 0.25) is 5.02 Å². The number of carbonyl (C=O) groups excluding carboxylic acids is 1. The van der Waals surface area contributed by atoms with E-state index in [-0.39, 0.29) is 5.78 Å². The monoisotopic (exact) mass is 249 g/mol. The van der Waals surface area contributed by atoms with Gasteiger partial charge < -0.3 is 0 Å². The minimum absolute atomic E-state index is 0.106. The first kappa shape index (κ1) is 11.8. The maximum Gasteiger partial charge on any atom is 0.212 e. The first-order valence-electron chi connectivity index (χ1n) is 5.41. The van der Waals surface area contributed by atoms with Crippen LogP contribution in [0.3, 0.4) is 0 Å². The molecule has 0 aliphatic rings. The van der Waals surface area contributed by atoms with Crippen LogP contribution in [0.4, 0.5) is 0 Å². The van der Waals surface area contributed by atoms with Crippen molar-refractivity contribution in [3.8, 4) is 0 Å². The first-order chi connectivity index (χ1) is 8.22. The normalized spacial score (nSPS) is 10.5. The molecule has 0 radical (unpaired) electrons. The Hall–Kier alpha value is -1.68. The Kier molecular flexibility index (Phi) is 3.54. The predicted octanol–water partition coefficient (Wildman–Crippen LogP) is 2.57. The van der Waals surface area contributed by atoms with Crippen LogP contribution in [0.15, 0.2) is 30.5 Å². The van der Waals surface area contributed by atoms with Crippen molar-refractivity contribution in [2.75, 3.05) is 0 Å². The van der Waals surface area contributed by atoms with Crippen LogP contribution in [0.5, 0.6) is 0 Å². The van der Waals surface area contributed by atoms with Crippen LogP contribution < -0.4 is 0 Å². The number of benzene rings is 1. The molecule has 5 heteroatoms. The van der Waals surface area contributed by atoms with Crippen molar-refractivity contribution in [2.24, 2.45) is 0 Å². The van der Waals surface area contributed by atoms with Gasteiger partial charge in [0.25, 0.3) is 0 Å². The summed E-state index contributed by atoms with van der Waals surface area (Å²) >= 11 is 5.86. The van der Waals surface area contributed by atoms with E-state index in [4.69, 9.17) is 11.6 Å². The summed E-state index contributed by atoms with van der Waals surface area (Å²) in [5.41, 5.74) is 1.05. The van der Waals surface area contributed by atoms with E-state index in [9.17, 15) is 4.79 Å². The van der Waals surface area contributed by atoms with Crippen molar-refractivity contribution in [1.82, 2.24) is 15.0 Å². The fourth-order valence-electron chi connectivity index (χ4n) is 1.59. The van der Waals surface area contributed by atoms with Crippen LogP contribution in [-0.2, 0) is 6.54 Å². The maximum absolute atomic E-state index is 12.2. The lowest BCUT2D eigenvalue weighted by Gasteiger charge is -2.04. The molecule has 2 rings (SSSR count). The summed E-state index contributed by atoms with van der Waals surface area (Å²) in [6.45, 7) is 2.71. The zero-order valence-electron chi connectivity index (χ0n) is 9.43. The van der Waals surface area contributed by atoms with Gasteiger partial charge in [-0.2, -0.15) is 0 Å². The largest absolute Gasteiger partial charge is 0.287 e. The highest BCUT2D eigenvalue weighted by atomic mass is 35.5. The van der Waals surface area contributed by atoms with E-state index >= 15 is 0 Å². The quantitative estimate of drug-likeness (QED) is 0.783. The Morgan fingerprint density at radius 1 is 1.47 bits per heavy atom. The lowest BCUT2D eigenvalue weighted by atomic mass is 10.1. The highest BCUT2D eigenvalue weighted by molar-refractivity contribution is 6.31. The molecule has 0 N–H and O–H groups in total. The third-order valence-electron chi connectivity index (χ3n) is 2.37. The van der Waals surface area contributed by atoms with Gasteiger partial charge >= 0.3 is 0 Å². The average molecular weight is 250 g/mol. The van der Waals surface area contributed by atoms with Crippen molar-refractivity contribution in [1.29, 1.82) is 0 Å². The summed E-state index contributed by atoms with van der Waals surface area (Å²) in [5, 5.41) is 8.20. The zero-order valence-corrected chi connectivity index (χ0v) is 10.2. The molecule has 0 spiro atoms.